The molecule has 0 aromatic carbocycles. The fourth-order valence-corrected chi connectivity index (χ4v) is 1.08. The highest BCUT2D eigenvalue weighted by atomic mass is 16.6. The first-order valence-corrected chi connectivity index (χ1v) is 4.92. The largest absolute Gasteiger partial charge is 0.455 e. The van der Waals surface area contributed by atoms with E-state index in [1.165, 1.54) is 6.92 Å². The van der Waals surface area contributed by atoms with Gasteiger partial charge in [-0.1, -0.05) is 18.7 Å². The van der Waals surface area contributed by atoms with Crippen LogP contribution in [-0.4, -0.2) is 22.3 Å². The summed E-state index contributed by atoms with van der Waals surface area (Å²) in [5.41, 5.74) is -1.55. The van der Waals surface area contributed by atoms with Crippen LogP contribution in [0.1, 0.15) is 34.1 Å². The van der Waals surface area contributed by atoms with Gasteiger partial charge >= 0.3 is 5.97 Å². The van der Waals surface area contributed by atoms with Crippen molar-refractivity contribution in [3.05, 3.63) is 24.8 Å². The maximum absolute atomic E-state index is 10.8. The summed E-state index contributed by atoms with van der Waals surface area (Å²) in [6.07, 6.45) is 5.53. The van der Waals surface area contributed by atoms with E-state index in [1.54, 1.807) is 39.0 Å². The van der Waals surface area contributed by atoms with Crippen molar-refractivity contribution >= 4 is 5.97 Å². The number of aliphatic hydroxyl groups is 1. The van der Waals surface area contributed by atoms with E-state index >= 15 is 0 Å². The van der Waals surface area contributed by atoms with Gasteiger partial charge in [0.1, 0.15) is 5.60 Å². The van der Waals surface area contributed by atoms with Crippen LogP contribution < -0.4 is 0 Å². The van der Waals surface area contributed by atoms with Gasteiger partial charge in [0.2, 0.25) is 0 Å². The first-order valence-electron chi connectivity index (χ1n) is 4.92. The van der Waals surface area contributed by atoms with E-state index in [2.05, 4.69) is 6.58 Å². The number of hydrogen-bond donors (Lipinski definition) is 1. The summed E-state index contributed by atoms with van der Waals surface area (Å²) in [6.45, 7) is 10.1. The predicted octanol–water partition coefficient (Wildman–Crippen LogP) is 2.21. The van der Waals surface area contributed by atoms with Gasteiger partial charge in [0, 0.05) is 13.3 Å². The fourth-order valence-electron chi connectivity index (χ4n) is 1.08. The Labute approximate surface area is 91.4 Å². The maximum atomic E-state index is 10.8. The highest BCUT2D eigenvalue weighted by molar-refractivity contribution is 5.66. The molecule has 0 aliphatic rings. The molecule has 0 aliphatic carbocycles. The van der Waals surface area contributed by atoms with E-state index in [4.69, 9.17) is 4.74 Å². The molecule has 0 bridgehead atoms. The molecule has 0 spiro atoms. The molecule has 0 unspecified atom stereocenters. The average Bonchev–Trinajstić information content (AvgIpc) is 2.00. The molecule has 86 valence electrons. The Balaban J connectivity index is 4.39. The van der Waals surface area contributed by atoms with Crippen molar-refractivity contribution in [2.75, 3.05) is 0 Å². The molecule has 0 amide bonds. The van der Waals surface area contributed by atoms with Gasteiger partial charge in [0.15, 0.2) is 0 Å². The Bertz CT molecular complexity index is 261. The average molecular weight is 212 g/mol. The van der Waals surface area contributed by atoms with Crippen molar-refractivity contribution in [2.24, 2.45) is 0 Å². The van der Waals surface area contributed by atoms with Crippen LogP contribution in [0.4, 0.5) is 0 Å². The molecule has 0 aliphatic heterocycles. The Morgan fingerprint density at radius 3 is 2.33 bits per heavy atom. The standard InChI is InChI=1S/C12H20O3/c1-6-12(5,15-10(2)13)9-7-8-11(3,4)14/h6-8,14H,1,9H2,2-5H3/b8-7+/t12-/m0/s1. The van der Waals surface area contributed by atoms with E-state index in [-0.39, 0.29) is 5.97 Å². The molecular formula is C12H20O3. The third kappa shape index (κ3) is 6.91. The summed E-state index contributed by atoms with van der Waals surface area (Å²) in [5, 5.41) is 9.45. The lowest BCUT2D eigenvalue weighted by atomic mass is 10.00. The zero-order valence-corrected chi connectivity index (χ0v) is 9.91. The highest BCUT2D eigenvalue weighted by Gasteiger charge is 2.22. The van der Waals surface area contributed by atoms with Gasteiger partial charge in [0.05, 0.1) is 5.60 Å². The highest BCUT2D eigenvalue weighted by Crippen LogP contribution is 2.18. The Morgan fingerprint density at radius 2 is 2.00 bits per heavy atom. The van der Waals surface area contributed by atoms with Gasteiger partial charge in [-0.2, -0.15) is 0 Å². The second-order valence-corrected chi connectivity index (χ2v) is 4.37. The molecule has 0 fully saturated rings. The number of carbonyl (C=O) groups is 1. The first-order chi connectivity index (χ1) is 6.68. The third-order valence-electron chi connectivity index (χ3n) is 1.86. The van der Waals surface area contributed by atoms with E-state index in [0.29, 0.717) is 6.42 Å². The molecule has 0 aromatic rings. The second-order valence-electron chi connectivity index (χ2n) is 4.37. The second kappa shape index (κ2) is 5.12. The van der Waals surface area contributed by atoms with Crippen molar-refractivity contribution in [3.63, 3.8) is 0 Å². The number of esters is 1. The van der Waals surface area contributed by atoms with Crippen LogP contribution in [0, 0.1) is 0 Å². The number of carbonyl (C=O) groups excluding carboxylic acids is 1. The fraction of sp³-hybridized carbons (Fsp3) is 0.583. The van der Waals surface area contributed by atoms with Crippen LogP contribution in [0.3, 0.4) is 0 Å². The van der Waals surface area contributed by atoms with Crippen molar-refractivity contribution in [3.8, 4) is 0 Å². The smallest absolute Gasteiger partial charge is 0.303 e. The molecule has 0 saturated carbocycles. The summed E-state index contributed by atoms with van der Waals surface area (Å²) in [5.74, 6) is -0.339. The van der Waals surface area contributed by atoms with E-state index in [9.17, 15) is 9.90 Å². The number of ether oxygens (including phenoxy) is 1. The lowest BCUT2D eigenvalue weighted by Gasteiger charge is -2.24. The van der Waals surface area contributed by atoms with Crippen LogP contribution >= 0.6 is 0 Å². The minimum Gasteiger partial charge on any atom is -0.455 e. The van der Waals surface area contributed by atoms with Gasteiger partial charge in [-0.05, 0) is 26.8 Å². The molecule has 0 saturated heterocycles. The van der Waals surface area contributed by atoms with Crippen LogP contribution in [0.15, 0.2) is 24.8 Å². The van der Waals surface area contributed by atoms with Gasteiger partial charge in [-0.3, -0.25) is 4.79 Å². The zero-order valence-electron chi connectivity index (χ0n) is 9.91. The van der Waals surface area contributed by atoms with Gasteiger partial charge in [-0.15, -0.1) is 0 Å². The topological polar surface area (TPSA) is 46.5 Å². The van der Waals surface area contributed by atoms with E-state index in [1.807, 2.05) is 0 Å². The van der Waals surface area contributed by atoms with Gasteiger partial charge in [-0.25, -0.2) is 0 Å². The molecule has 3 nitrogen and oxygen atoms in total. The monoisotopic (exact) mass is 212 g/mol. The Hall–Kier alpha value is -1.09. The maximum Gasteiger partial charge on any atom is 0.303 e. The van der Waals surface area contributed by atoms with E-state index in [0.717, 1.165) is 0 Å². The summed E-state index contributed by atoms with van der Waals surface area (Å²) < 4.78 is 5.11. The van der Waals surface area contributed by atoms with E-state index < -0.39 is 11.2 Å². The molecule has 1 atom stereocenters. The van der Waals surface area contributed by atoms with Crippen LogP contribution in [0.25, 0.3) is 0 Å². The van der Waals surface area contributed by atoms with Crippen molar-refractivity contribution in [1.29, 1.82) is 0 Å². The minimum atomic E-state index is -0.849. The normalized spacial score (nSPS) is 16.1. The third-order valence-corrected chi connectivity index (χ3v) is 1.86. The SMILES string of the molecule is C=C[C@@](C)(C/C=C/C(C)(C)O)OC(C)=O. The summed E-state index contributed by atoms with van der Waals surface area (Å²) in [6, 6.07) is 0. The molecule has 0 radical (unpaired) electrons. The molecule has 1 N–H and O–H groups in total. The molecular weight excluding hydrogens is 192 g/mol. The zero-order chi connectivity index (χ0) is 12.1. The Kier molecular flexibility index (Phi) is 4.75. The molecule has 3 heteroatoms. The number of rotatable bonds is 5. The quantitative estimate of drug-likeness (QED) is 0.561. The lowest BCUT2D eigenvalue weighted by molar-refractivity contribution is -0.150. The van der Waals surface area contributed by atoms with Crippen LogP contribution in [0.5, 0.6) is 0 Å². The van der Waals surface area contributed by atoms with Crippen LogP contribution in [-0.2, 0) is 9.53 Å². The summed E-state index contributed by atoms with van der Waals surface area (Å²) >= 11 is 0. The summed E-state index contributed by atoms with van der Waals surface area (Å²) in [7, 11) is 0. The molecule has 0 aromatic heterocycles. The first kappa shape index (κ1) is 13.9. The Morgan fingerprint density at radius 1 is 1.47 bits per heavy atom. The molecule has 0 rings (SSSR count). The van der Waals surface area contributed by atoms with Gasteiger partial charge < -0.3 is 9.84 Å². The minimum absolute atomic E-state index is 0.339. The van der Waals surface area contributed by atoms with Crippen LogP contribution in [0.2, 0.25) is 0 Å². The van der Waals surface area contributed by atoms with Crippen molar-refractivity contribution in [1.82, 2.24) is 0 Å². The number of hydrogen-bond acceptors (Lipinski definition) is 3. The van der Waals surface area contributed by atoms with Crippen molar-refractivity contribution in [2.45, 2.75) is 45.3 Å². The van der Waals surface area contributed by atoms with Gasteiger partial charge in [0.25, 0.3) is 0 Å². The van der Waals surface area contributed by atoms with Crippen molar-refractivity contribution < 1.29 is 14.6 Å². The molecule has 15 heavy (non-hydrogen) atoms. The summed E-state index contributed by atoms with van der Waals surface area (Å²) in [4.78, 5) is 10.8. The molecule has 0 heterocycles. The lowest BCUT2D eigenvalue weighted by Crippen LogP contribution is -2.27. The predicted molar refractivity (Wildman–Crippen MR) is 60.4 cm³/mol.